The van der Waals surface area contributed by atoms with E-state index in [1.54, 1.807) is 11.3 Å². The molecule has 3 rings (SSSR count). The molecule has 5 nitrogen and oxygen atoms in total. The molecule has 0 spiro atoms. The summed E-state index contributed by atoms with van der Waals surface area (Å²) in [7, 11) is 2.00. The topological polar surface area (TPSA) is 75.4 Å². The van der Waals surface area contributed by atoms with Crippen LogP contribution in [-0.2, 0) is 24.2 Å². The molecular formula is C18H22BrN3O2S2. The minimum atomic E-state index is -0.444. The third-order valence-corrected chi connectivity index (χ3v) is 7.33. The van der Waals surface area contributed by atoms with Gasteiger partial charge >= 0.3 is 0 Å². The number of halogens is 1. The van der Waals surface area contributed by atoms with E-state index in [4.69, 9.17) is 5.73 Å². The molecule has 8 heteroatoms. The van der Waals surface area contributed by atoms with E-state index in [0.29, 0.717) is 23.5 Å². The Hall–Kier alpha value is -1.22. The third-order valence-electron chi connectivity index (χ3n) is 4.44. The standard InChI is InChI=1S/C18H22BrN3O2S2/c1-22(9-12-8-11(19)10-25-12)7-6-15(23)21-18-16(17(20)24)13-4-2-3-5-14(13)26-18/h8,10H,2-7,9H2,1H3,(H2,20,24)(H,21,23). The Bertz CT molecular complexity index is 815. The maximum Gasteiger partial charge on any atom is 0.251 e. The monoisotopic (exact) mass is 455 g/mol. The smallest absolute Gasteiger partial charge is 0.251 e. The van der Waals surface area contributed by atoms with Crippen LogP contribution in [0.2, 0.25) is 0 Å². The van der Waals surface area contributed by atoms with Crippen molar-refractivity contribution in [1.29, 1.82) is 0 Å². The minimum Gasteiger partial charge on any atom is -0.365 e. The van der Waals surface area contributed by atoms with Gasteiger partial charge in [0, 0.05) is 39.1 Å². The fourth-order valence-electron chi connectivity index (χ4n) is 3.18. The third kappa shape index (κ3) is 4.73. The van der Waals surface area contributed by atoms with Gasteiger partial charge in [0.2, 0.25) is 5.91 Å². The van der Waals surface area contributed by atoms with E-state index in [9.17, 15) is 9.59 Å². The van der Waals surface area contributed by atoms with Gasteiger partial charge in [0.25, 0.3) is 5.91 Å². The van der Waals surface area contributed by atoms with Crippen LogP contribution in [0.4, 0.5) is 5.00 Å². The number of anilines is 1. The summed E-state index contributed by atoms with van der Waals surface area (Å²) in [5.41, 5.74) is 7.14. The summed E-state index contributed by atoms with van der Waals surface area (Å²) < 4.78 is 1.09. The van der Waals surface area contributed by atoms with Crippen LogP contribution in [0.5, 0.6) is 0 Å². The highest BCUT2D eigenvalue weighted by atomic mass is 79.9. The van der Waals surface area contributed by atoms with Crippen molar-refractivity contribution in [3.63, 3.8) is 0 Å². The Morgan fingerprint density at radius 2 is 2.12 bits per heavy atom. The van der Waals surface area contributed by atoms with Gasteiger partial charge in [0.05, 0.1) is 5.56 Å². The van der Waals surface area contributed by atoms with Crippen LogP contribution in [0.25, 0.3) is 0 Å². The molecule has 140 valence electrons. The molecule has 2 heterocycles. The lowest BCUT2D eigenvalue weighted by molar-refractivity contribution is -0.116. The predicted octanol–water partition coefficient (Wildman–Crippen LogP) is 4.01. The first-order valence-corrected chi connectivity index (χ1v) is 11.1. The molecule has 3 N–H and O–H groups in total. The Morgan fingerprint density at radius 3 is 2.81 bits per heavy atom. The van der Waals surface area contributed by atoms with Crippen molar-refractivity contribution >= 4 is 55.4 Å². The number of hydrogen-bond donors (Lipinski definition) is 2. The number of hydrogen-bond acceptors (Lipinski definition) is 5. The van der Waals surface area contributed by atoms with Gasteiger partial charge in [-0.15, -0.1) is 22.7 Å². The van der Waals surface area contributed by atoms with Gasteiger partial charge in [-0.25, -0.2) is 0 Å². The van der Waals surface area contributed by atoms with E-state index < -0.39 is 5.91 Å². The lowest BCUT2D eigenvalue weighted by Gasteiger charge is -2.15. The molecule has 2 aromatic rings. The molecule has 1 aliphatic carbocycles. The average molecular weight is 456 g/mol. The van der Waals surface area contributed by atoms with Gasteiger partial charge in [0.1, 0.15) is 5.00 Å². The number of primary amides is 1. The molecule has 0 aromatic carbocycles. The lowest BCUT2D eigenvalue weighted by atomic mass is 9.95. The number of nitrogens with one attached hydrogen (secondary N) is 1. The van der Waals surface area contributed by atoms with Gasteiger partial charge in [0.15, 0.2) is 0 Å². The molecule has 1 aliphatic rings. The second kappa shape index (κ2) is 8.65. The Kier molecular flexibility index (Phi) is 6.50. The summed E-state index contributed by atoms with van der Waals surface area (Å²) in [6.07, 6.45) is 4.42. The van der Waals surface area contributed by atoms with Crippen molar-refractivity contribution in [3.8, 4) is 0 Å². The molecule has 26 heavy (non-hydrogen) atoms. The van der Waals surface area contributed by atoms with Gasteiger partial charge in [-0.05, 0) is 60.3 Å². The summed E-state index contributed by atoms with van der Waals surface area (Å²) in [5, 5.41) is 5.60. The Morgan fingerprint density at radius 1 is 1.35 bits per heavy atom. The van der Waals surface area contributed by atoms with E-state index >= 15 is 0 Å². The summed E-state index contributed by atoms with van der Waals surface area (Å²) in [6, 6.07) is 2.09. The van der Waals surface area contributed by atoms with E-state index in [0.717, 1.165) is 42.3 Å². The highest BCUT2D eigenvalue weighted by molar-refractivity contribution is 9.10. The van der Waals surface area contributed by atoms with Crippen molar-refractivity contribution in [2.24, 2.45) is 5.73 Å². The number of rotatable bonds is 7. The first-order chi connectivity index (χ1) is 12.4. The van der Waals surface area contributed by atoms with Crippen molar-refractivity contribution in [2.45, 2.75) is 38.6 Å². The number of carbonyl (C=O) groups excluding carboxylic acids is 2. The minimum absolute atomic E-state index is 0.0784. The van der Waals surface area contributed by atoms with E-state index in [2.05, 4.69) is 37.6 Å². The van der Waals surface area contributed by atoms with Gasteiger partial charge in [-0.3, -0.25) is 9.59 Å². The molecule has 0 radical (unpaired) electrons. The zero-order chi connectivity index (χ0) is 18.7. The SMILES string of the molecule is CN(CCC(=O)Nc1sc2c(c1C(N)=O)CCCC2)Cc1cc(Br)cs1. The fraction of sp³-hybridized carbons (Fsp3) is 0.444. The summed E-state index contributed by atoms with van der Waals surface area (Å²) in [4.78, 5) is 28.8. The van der Waals surface area contributed by atoms with Crippen molar-refractivity contribution in [2.75, 3.05) is 18.9 Å². The largest absolute Gasteiger partial charge is 0.365 e. The van der Waals surface area contributed by atoms with E-state index in [1.807, 2.05) is 7.05 Å². The molecule has 2 amide bonds. The molecule has 0 atom stereocenters. The lowest BCUT2D eigenvalue weighted by Crippen LogP contribution is -2.24. The number of nitrogens with zero attached hydrogens (tertiary/aromatic N) is 1. The van der Waals surface area contributed by atoms with Crippen LogP contribution in [0.15, 0.2) is 15.9 Å². The highest BCUT2D eigenvalue weighted by Crippen LogP contribution is 2.37. The second-order valence-corrected chi connectivity index (χ2v) is 9.56. The summed E-state index contributed by atoms with van der Waals surface area (Å²) >= 11 is 6.66. The first kappa shape index (κ1) is 19.5. The molecule has 0 unspecified atom stereocenters. The van der Waals surface area contributed by atoms with E-state index in [-0.39, 0.29) is 5.91 Å². The molecule has 0 fully saturated rings. The molecule has 0 saturated heterocycles. The van der Waals surface area contributed by atoms with E-state index in [1.165, 1.54) is 21.1 Å². The summed E-state index contributed by atoms with van der Waals surface area (Å²) in [5.74, 6) is -0.523. The molecule has 2 aromatic heterocycles. The van der Waals surface area contributed by atoms with Crippen LogP contribution in [0, 0.1) is 0 Å². The van der Waals surface area contributed by atoms with Crippen molar-refractivity contribution in [1.82, 2.24) is 4.90 Å². The normalized spacial score (nSPS) is 13.7. The van der Waals surface area contributed by atoms with Crippen LogP contribution < -0.4 is 11.1 Å². The Labute approximate surface area is 169 Å². The van der Waals surface area contributed by atoms with Gasteiger partial charge in [-0.1, -0.05) is 0 Å². The molecular weight excluding hydrogens is 434 g/mol. The first-order valence-electron chi connectivity index (χ1n) is 8.59. The number of nitrogens with two attached hydrogens (primary N) is 1. The van der Waals surface area contributed by atoms with Crippen LogP contribution in [0.3, 0.4) is 0 Å². The summed E-state index contributed by atoms with van der Waals surface area (Å²) in [6.45, 7) is 1.46. The number of amides is 2. The number of thiophene rings is 2. The van der Waals surface area contributed by atoms with Gasteiger partial charge in [-0.2, -0.15) is 0 Å². The number of carbonyl (C=O) groups is 2. The maximum atomic E-state index is 12.4. The average Bonchev–Trinajstić information content (AvgIpc) is 3.15. The highest BCUT2D eigenvalue weighted by Gasteiger charge is 2.24. The molecule has 0 aliphatic heterocycles. The maximum absolute atomic E-state index is 12.4. The second-order valence-electron chi connectivity index (χ2n) is 6.55. The fourth-order valence-corrected chi connectivity index (χ4v) is 6.02. The predicted molar refractivity (Wildman–Crippen MR) is 111 cm³/mol. The number of aryl methyl sites for hydroxylation is 1. The number of fused-ring (bicyclic) bond motifs is 1. The Balaban J connectivity index is 1.58. The molecule has 0 saturated carbocycles. The zero-order valence-electron chi connectivity index (χ0n) is 14.6. The zero-order valence-corrected chi connectivity index (χ0v) is 17.9. The quantitative estimate of drug-likeness (QED) is 0.661. The molecule has 0 bridgehead atoms. The van der Waals surface area contributed by atoms with Crippen LogP contribution in [-0.4, -0.2) is 30.3 Å². The van der Waals surface area contributed by atoms with Crippen LogP contribution >= 0.6 is 38.6 Å². The van der Waals surface area contributed by atoms with Crippen molar-refractivity contribution in [3.05, 3.63) is 36.8 Å². The van der Waals surface area contributed by atoms with Gasteiger partial charge < -0.3 is 16.0 Å². The van der Waals surface area contributed by atoms with Crippen LogP contribution in [0.1, 0.15) is 44.9 Å². The van der Waals surface area contributed by atoms with Crippen molar-refractivity contribution < 1.29 is 9.59 Å².